The Kier molecular flexibility index (Phi) is 2.72. The van der Waals surface area contributed by atoms with Crippen LogP contribution < -0.4 is 0 Å². The van der Waals surface area contributed by atoms with E-state index >= 15 is 0 Å². The quantitative estimate of drug-likeness (QED) is 0.615. The van der Waals surface area contributed by atoms with E-state index in [1.807, 2.05) is 0 Å². The molecule has 74 valence electrons. The number of hydrogen-bond acceptors (Lipinski definition) is 0. The first-order valence-electron chi connectivity index (χ1n) is 5.64. The lowest BCUT2D eigenvalue weighted by atomic mass is 9.95. The first-order chi connectivity index (χ1) is 6.86. The van der Waals surface area contributed by atoms with Gasteiger partial charge in [0.25, 0.3) is 0 Å². The molecule has 0 heteroatoms. The van der Waals surface area contributed by atoms with E-state index in [9.17, 15) is 0 Å². The third kappa shape index (κ3) is 1.50. The molecule has 0 saturated carbocycles. The molecule has 0 nitrogen and oxygen atoms in total. The van der Waals surface area contributed by atoms with E-state index in [2.05, 4.69) is 38.2 Å². The number of rotatable bonds is 3. The molecule has 0 amide bonds. The van der Waals surface area contributed by atoms with Crippen molar-refractivity contribution in [1.29, 1.82) is 0 Å². The van der Waals surface area contributed by atoms with Crippen molar-refractivity contribution in [2.45, 2.75) is 39.5 Å². The molecule has 0 N–H and O–H groups in total. The molecule has 2 aliphatic carbocycles. The molecule has 0 atom stereocenters. The summed E-state index contributed by atoms with van der Waals surface area (Å²) in [5.41, 5.74) is 6.32. The smallest absolute Gasteiger partial charge is 0.00884 e. The van der Waals surface area contributed by atoms with Crippen LogP contribution in [0, 0.1) is 0 Å². The van der Waals surface area contributed by atoms with Crippen molar-refractivity contribution in [3.63, 3.8) is 0 Å². The lowest BCUT2D eigenvalue weighted by molar-refractivity contribution is 0.989. The average Bonchev–Trinajstić information content (AvgIpc) is 2.85. The topological polar surface area (TPSA) is 0 Å². The Balaban J connectivity index is 2.25. The van der Waals surface area contributed by atoms with Gasteiger partial charge in [0.15, 0.2) is 0 Å². The van der Waals surface area contributed by atoms with Crippen LogP contribution in [-0.4, -0.2) is 0 Å². The van der Waals surface area contributed by atoms with Gasteiger partial charge in [0.2, 0.25) is 0 Å². The van der Waals surface area contributed by atoms with E-state index in [0.29, 0.717) is 0 Å². The summed E-state index contributed by atoms with van der Waals surface area (Å²) < 4.78 is 0. The fraction of sp³-hybridized carbons (Fsp3) is 0.429. The van der Waals surface area contributed by atoms with Crippen molar-refractivity contribution in [1.82, 2.24) is 0 Å². The maximum absolute atomic E-state index is 2.41. The van der Waals surface area contributed by atoms with Crippen molar-refractivity contribution < 1.29 is 0 Å². The zero-order valence-electron chi connectivity index (χ0n) is 9.14. The summed E-state index contributed by atoms with van der Waals surface area (Å²) in [4.78, 5) is 0. The molecule has 2 aliphatic rings. The minimum atomic E-state index is 1.13. The molecule has 0 bridgehead atoms. The van der Waals surface area contributed by atoms with Crippen molar-refractivity contribution in [3.8, 4) is 0 Å². The maximum Gasteiger partial charge on any atom is -0.00884 e. The summed E-state index contributed by atoms with van der Waals surface area (Å²) in [5, 5.41) is 0. The van der Waals surface area contributed by atoms with Crippen LogP contribution in [0.4, 0.5) is 0 Å². The second-order valence-corrected chi connectivity index (χ2v) is 3.94. The van der Waals surface area contributed by atoms with Crippen molar-refractivity contribution in [3.05, 3.63) is 46.6 Å². The van der Waals surface area contributed by atoms with Gasteiger partial charge in [0, 0.05) is 0 Å². The summed E-state index contributed by atoms with van der Waals surface area (Å²) in [6, 6.07) is 0. The molecule has 0 heterocycles. The van der Waals surface area contributed by atoms with E-state index in [0.717, 1.165) is 6.42 Å². The van der Waals surface area contributed by atoms with E-state index in [-0.39, 0.29) is 0 Å². The Morgan fingerprint density at radius 2 is 2.00 bits per heavy atom. The fourth-order valence-corrected chi connectivity index (χ4v) is 2.43. The van der Waals surface area contributed by atoms with E-state index in [4.69, 9.17) is 0 Å². The predicted octanol–water partition coefficient (Wildman–Crippen LogP) is 4.32. The van der Waals surface area contributed by atoms with Crippen LogP contribution in [0.3, 0.4) is 0 Å². The zero-order valence-corrected chi connectivity index (χ0v) is 9.14. The predicted molar refractivity (Wildman–Crippen MR) is 62.1 cm³/mol. The summed E-state index contributed by atoms with van der Waals surface area (Å²) in [7, 11) is 0. The van der Waals surface area contributed by atoms with Gasteiger partial charge in [-0.3, -0.25) is 0 Å². The highest BCUT2D eigenvalue weighted by atomic mass is 14.2. The lowest BCUT2D eigenvalue weighted by Crippen LogP contribution is -1.90. The molecular formula is C14H18. The van der Waals surface area contributed by atoms with E-state index in [1.165, 1.54) is 30.4 Å². The van der Waals surface area contributed by atoms with Gasteiger partial charge in [-0.15, -0.1) is 0 Å². The minimum Gasteiger partial charge on any atom is -0.0801 e. The van der Waals surface area contributed by atoms with Gasteiger partial charge < -0.3 is 0 Å². The standard InChI is InChI=1S/C14H18/c1-3-11-9-10-14(13(11)4-2)12-7-5-6-8-12/h5-7,10H,3-4,8-9H2,1-2H3. The summed E-state index contributed by atoms with van der Waals surface area (Å²) in [6.45, 7) is 4.54. The maximum atomic E-state index is 2.41. The van der Waals surface area contributed by atoms with Crippen LogP contribution in [0.5, 0.6) is 0 Å². The average molecular weight is 186 g/mol. The number of allylic oxidation sites excluding steroid dienone is 8. The first-order valence-corrected chi connectivity index (χ1v) is 5.64. The van der Waals surface area contributed by atoms with Crippen LogP contribution in [0.15, 0.2) is 46.6 Å². The van der Waals surface area contributed by atoms with Gasteiger partial charge in [0.05, 0.1) is 0 Å². The molecule has 0 spiro atoms. The van der Waals surface area contributed by atoms with Crippen LogP contribution in [0.2, 0.25) is 0 Å². The number of hydrogen-bond donors (Lipinski definition) is 0. The molecule has 0 fully saturated rings. The van der Waals surface area contributed by atoms with Crippen molar-refractivity contribution in [2.75, 3.05) is 0 Å². The van der Waals surface area contributed by atoms with Gasteiger partial charge in [-0.05, 0) is 42.4 Å². The van der Waals surface area contributed by atoms with Crippen LogP contribution in [0.1, 0.15) is 39.5 Å². The molecule has 0 aromatic heterocycles. The fourth-order valence-electron chi connectivity index (χ4n) is 2.43. The van der Waals surface area contributed by atoms with Gasteiger partial charge in [-0.1, -0.05) is 43.7 Å². The second-order valence-electron chi connectivity index (χ2n) is 3.94. The third-order valence-corrected chi connectivity index (χ3v) is 3.20. The highest BCUT2D eigenvalue weighted by molar-refractivity contribution is 5.56. The molecule has 0 aliphatic heterocycles. The Hall–Kier alpha value is -1.04. The van der Waals surface area contributed by atoms with Crippen LogP contribution >= 0.6 is 0 Å². The monoisotopic (exact) mass is 186 g/mol. The van der Waals surface area contributed by atoms with Crippen LogP contribution in [-0.2, 0) is 0 Å². The second kappa shape index (κ2) is 4.00. The minimum absolute atomic E-state index is 1.13. The molecular weight excluding hydrogens is 168 g/mol. The molecule has 14 heavy (non-hydrogen) atoms. The SMILES string of the molecule is CCC1=C(CC)C(C2=CC=CC2)=CC1. The molecule has 0 radical (unpaired) electrons. The molecule has 0 aromatic carbocycles. The van der Waals surface area contributed by atoms with Gasteiger partial charge in [-0.25, -0.2) is 0 Å². The van der Waals surface area contributed by atoms with Crippen LogP contribution in [0.25, 0.3) is 0 Å². The van der Waals surface area contributed by atoms with E-state index < -0.39 is 0 Å². The van der Waals surface area contributed by atoms with Gasteiger partial charge in [0.1, 0.15) is 0 Å². The molecule has 0 saturated heterocycles. The van der Waals surface area contributed by atoms with Crippen molar-refractivity contribution >= 4 is 0 Å². The Labute approximate surface area is 86.7 Å². The molecule has 2 rings (SSSR count). The summed E-state index contributed by atoms with van der Waals surface area (Å²) >= 11 is 0. The van der Waals surface area contributed by atoms with Gasteiger partial charge >= 0.3 is 0 Å². The Morgan fingerprint density at radius 1 is 1.14 bits per heavy atom. The summed E-state index contributed by atoms with van der Waals surface area (Å²) in [6.07, 6.45) is 13.8. The third-order valence-electron chi connectivity index (χ3n) is 3.20. The highest BCUT2D eigenvalue weighted by Gasteiger charge is 2.17. The first kappa shape index (κ1) is 9.51. The Morgan fingerprint density at radius 3 is 2.57 bits per heavy atom. The molecule has 0 aromatic rings. The van der Waals surface area contributed by atoms with Gasteiger partial charge in [-0.2, -0.15) is 0 Å². The molecule has 0 unspecified atom stereocenters. The Bertz CT molecular complexity index is 348. The van der Waals surface area contributed by atoms with E-state index in [1.54, 1.807) is 11.1 Å². The van der Waals surface area contributed by atoms with Crippen molar-refractivity contribution in [2.24, 2.45) is 0 Å². The lowest BCUT2D eigenvalue weighted by Gasteiger charge is -2.09. The summed E-state index contributed by atoms with van der Waals surface area (Å²) in [5.74, 6) is 0. The zero-order chi connectivity index (χ0) is 9.97. The highest BCUT2D eigenvalue weighted by Crippen LogP contribution is 2.37. The largest absolute Gasteiger partial charge is 0.0801 e. The normalized spacial score (nSPS) is 20.4.